The second-order valence-electron chi connectivity index (χ2n) is 6.81. The highest BCUT2D eigenvalue weighted by Gasteiger charge is 2.42. The van der Waals surface area contributed by atoms with Gasteiger partial charge in [0.2, 0.25) is 0 Å². The Labute approximate surface area is 163 Å². The summed E-state index contributed by atoms with van der Waals surface area (Å²) < 4.78 is 0. The number of nitrogens with zero attached hydrogens (tertiary/aromatic N) is 3. The van der Waals surface area contributed by atoms with E-state index in [-0.39, 0.29) is 11.8 Å². The first-order valence-electron chi connectivity index (χ1n) is 8.94. The average Bonchev–Trinajstić information content (AvgIpc) is 2.93. The zero-order valence-corrected chi connectivity index (χ0v) is 15.8. The average molecular weight is 382 g/mol. The van der Waals surface area contributed by atoms with Gasteiger partial charge in [-0.1, -0.05) is 48.0 Å². The van der Waals surface area contributed by atoms with E-state index in [0.717, 1.165) is 18.7 Å². The van der Waals surface area contributed by atoms with Crippen molar-refractivity contribution in [1.82, 2.24) is 9.80 Å². The van der Waals surface area contributed by atoms with Gasteiger partial charge in [0.15, 0.2) is 0 Å². The van der Waals surface area contributed by atoms with Crippen LogP contribution in [0.2, 0.25) is 5.02 Å². The molecule has 0 radical (unpaired) electrons. The molecule has 0 saturated carbocycles. The number of imide groups is 1. The molecule has 1 saturated heterocycles. The van der Waals surface area contributed by atoms with Crippen LogP contribution in [0.15, 0.2) is 60.3 Å². The lowest BCUT2D eigenvalue weighted by Crippen LogP contribution is -2.46. The molecule has 5 nitrogen and oxygen atoms in total. The van der Waals surface area contributed by atoms with Gasteiger partial charge in [-0.3, -0.25) is 9.59 Å². The summed E-state index contributed by atoms with van der Waals surface area (Å²) in [5, 5.41) is 0.488. The zero-order chi connectivity index (χ0) is 19.0. The van der Waals surface area contributed by atoms with Crippen LogP contribution in [0.1, 0.15) is 5.56 Å². The third kappa shape index (κ3) is 3.24. The summed E-state index contributed by atoms with van der Waals surface area (Å²) in [7, 11) is 2.06. The third-order valence-corrected chi connectivity index (χ3v) is 5.24. The molecule has 138 valence electrons. The van der Waals surface area contributed by atoms with Crippen molar-refractivity contribution < 1.29 is 9.59 Å². The van der Waals surface area contributed by atoms with Crippen molar-refractivity contribution in [3.05, 3.63) is 70.9 Å². The predicted molar refractivity (Wildman–Crippen MR) is 106 cm³/mol. The molecule has 2 aliphatic rings. The van der Waals surface area contributed by atoms with Gasteiger partial charge >= 0.3 is 0 Å². The molecule has 0 unspecified atom stereocenters. The number of amides is 2. The molecule has 6 heteroatoms. The summed E-state index contributed by atoms with van der Waals surface area (Å²) in [6, 6.07) is 16.3. The number of carbonyl (C=O) groups excluding carboxylic acids is 2. The number of halogens is 1. The lowest BCUT2D eigenvalue weighted by Gasteiger charge is -2.34. The minimum absolute atomic E-state index is 0.286. The van der Waals surface area contributed by atoms with Crippen molar-refractivity contribution in [2.75, 3.05) is 38.1 Å². The van der Waals surface area contributed by atoms with E-state index in [0.29, 0.717) is 35.1 Å². The van der Waals surface area contributed by atoms with Gasteiger partial charge in [-0.25, -0.2) is 4.90 Å². The maximum atomic E-state index is 13.3. The largest absolute Gasteiger partial charge is 0.364 e. The standard InChI is InChI=1S/C21H20ClN3O2/c1-23-10-12-24(13-11-23)19-18(15-6-3-2-4-7-15)20(26)25(21(19)27)17-9-5-8-16(22)14-17/h2-9,14H,10-13H2,1H3. The lowest BCUT2D eigenvalue weighted by atomic mass is 10.0. The molecule has 0 N–H and O–H groups in total. The summed E-state index contributed by atoms with van der Waals surface area (Å²) in [4.78, 5) is 32.1. The van der Waals surface area contributed by atoms with Crippen molar-refractivity contribution in [1.29, 1.82) is 0 Å². The van der Waals surface area contributed by atoms with E-state index in [1.165, 1.54) is 4.90 Å². The molecular formula is C21H20ClN3O2. The van der Waals surface area contributed by atoms with Crippen LogP contribution in [0.3, 0.4) is 0 Å². The molecule has 0 spiro atoms. The van der Waals surface area contributed by atoms with E-state index in [1.54, 1.807) is 24.3 Å². The highest BCUT2D eigenvalue weighted by molar-refractivity contribution is 6.45. The van der Waals surface area contributed by atoms with Gasteiger partial charge in [-0.15, -0.1) is 0 Å². The van der Waals surface area contributed by atoms with E-state index < -0.39 is 0 Å². The highest BCUT2D eigenvalue weighted by atomic mass is 35.5. The van der Waals surface area contributed by atoms with Crippen molar-refractivity contribution >= 4 is 34.7 Å². The first kappa shape index (κ1) is 17.8. The Morgan fingerprint density at radius 1 is 0.852 bits per heavy atom. The number of piperazine rings is 1. The smallest absolute Gasteiger partial charge is 0.282 e. The monoisotopic (exact) mass is 381 g/mol. The first-order valence-corrected chi connectivity index (χ1v) is 9.31. The Morgan fingerprint density at radius 3 is 2.22 bits per heavy atom. The van der Waals surface area contributed by atoms with Gasteiger partial charge in [-0.2, -0.15) is 0 Å². The quantitative estimate of drug-likeness (QED) is 0.767. The van der Waals surface area contributed by atoms with Crippen LogP contribution in [0, 0.1) is 0 Å². The minimum atomic E-state index is -0.303. The maximum Gasteiger partial charge on any atom is 0.282 e. The summed E-state index contributed by atoms with van der Waals surface area (Å²) in [5.41, 5.74) is 2.20. The predicted octanol–water partition coefficient (Wildman–Crippen LogP) is 2.87. The van der Waals surface area contributed by atoms with Crippen LogP contribution in [0.5, 0.6) is 0 Å². The van der Waals surface area contributed by atoms with E-state index in [9.17, 15) is 9.59 Å². The Morgan fingerprint density at radius 2 is 1.56 bits per heavy atom. The Bertz CT molecular complexity index is 918. The van der Waals surface area contributed by atoms with Gasteiger partial charge < -0.3 is 9.80 Å². The maximum absolute atomic E-state index is 13.3. The van der Waals surface area contributed by atoms with E-state index in [4.69, 9.17) is 11.6 Å². The number of likely N-dealkylation sites (N-methyl/N-ethyl adjacent to an activating group) is 1. The summed E-state index contributed by atoms with van der Waals surface area (Å²) in [6.45, 7) is 3.13. The summed E-state index contributed by atoms with van der Waals surface area (Å²) in [5.74, 6) is -0.590. The number of anilines is 1. The fourth-order valence-electron chi connectivity index (χ4n) is 3.56. The van der Waals surface area contributed by atoms with Gasteiger partial charge in [0.05, 0.1) is 11.3 Å². The van der Waals surface area contributed by atoms with Crippen LogP contribution in [0.25, 0.3) is 5.57 Å². The topological polar surface area (TPSA) is 43.9 Å². The number of hydrogen-bond donors (Lipinski definition) is 0. The molecule has 0 bridgehead atoms. The minimum Gasteiger partial charge on any atom is -0.364 e. The normalized spacial score (nSPS) is 18.6. The zero-order valence-electron chi connectivity index (χ0n) is 15.1. The van der Waals surface area contributed by atoms with Gasteiger partial charge in [0, 0.05) is 31.2 Å². The molecule has 27 heavy (non-hydrogen) atoms. The second-order valence-corrected chi connectivity index (χ2v) is 7.24. The molecule has 2 heterocycles. The Balaban J connectivity index is 1.80. The van der Waals surface area contributed by atoms with Gasteiger partial charge in [0.25, 0.3) is 11.8 Å². The van der Waals surface area contributed by atoms with Gasteiger partial charge in [0.1, 0.15) is 5.70 Å². The van der Waals surface area contributed by atoms with Crippen LogP contribution >= 0.6 is 11.6 Å². The van der Waals surface area contributed by atoms with E-state index in [1.807, 2.05) is 35.2 Å². The molecule has 2 aliphatic heterocycles. The van der Waals surface area contributed by atoms with Crippen LogP contribution < -0.4 is 4.90 Å². The Kier molecular flexibility index (Phi) is 4.72. The van der Waals surface area contributed by atoms with Crippen molar-refractivity contribution in [3.8, 4) is 0 Å². The highest BCUT2D eigenvalue weighted by Crippen LogP contribution is 2.35. The Hall–Kier alpha value is -2.63. The number of benzene rings is 2. The SMILES string of the molecule is CN1CCN(C2=C(c3ccccc3)C(=O)N(c3cccc(Cl)c3)C2=O)CC1. The van der Waals surface area contributed by atoms with E-state index >= 15 is 0 Å². The second kappa shape index (κ2) is 7.18. The third-order valence-electron chi connectivity index (χ3n) is 5.01. The fraction of sp³-hybridized carbons (Fsp3) is 0.238. The molecule has 2 aromatic carbocycles. The van der Waals surface area contributed by atoms with E-state index in [2.05, 4.69) is 11.9 Å². The molecule has 2 aromatic rings. The molecular weight excluding hydrogens is 362 g/mol. The molecule has 2 amide bonds. The molecule has 0 aliphatic carbocycles. The molecule has 0 atom stereocenters. The number of rotatable bonds is 3. The van der Waals surface area contributed by atoms with Crippen LogP contribution in [-0.4, -0.2) is 54.8 Å². The van der Waals surface area contributed by atoms with Crippen molar-refractivity contribution in [2.24, 2.45) is 0 Å². The van der Waals surface area contributed by atoms with Crippen molar-refractivity contribution in [2.45, 2.75) is 0 Å². The number of hydrogen-bond acceptors (Lipinski definition) is 4. The fourth-order valence-corrected chi connectivity index (χ4v) is 3.74. The van der Waals surface area contributed by atoms with Crippen LogP contribution in [0.4, 0.5) is 5.69 Å². The van der Waals surface area contributed by atoms with Gasteiger partial charge in [-0.05, 0) is 30.8 Å². The van der Waals surface area contributed by atoms with Crippen LogP contribution in [-0.2, 0) is 9.59 Å². The molecule has 4 rings (SSSR count). The summed E-state index contributed by atoms with van der Waals surface area (Å²) in [6.07, 6.45) is 0. The molecule has 0 aromatic heterocycles. The first-order chi connectivity index (χ1) is 13.1. The lowest BCUT2D eigenvalue weighted by molar-refractivity contribution is -0.120. The molecule has 1 fully saturated rings. The number of carbonyl (C=O) groups is 2. The van der Waals surface area contributed by atoms with Crippen molar-refractivity contribution in [3.63, 3.8) is 0 Å². The summed E-state index contributed by atoms with van der Waals surface area (Å²) >= 11 is 6.09.